The molecule has 3 aromatic rings. The first-order valence-electron chi connectivity index (χ1n) is 7.36. The number of H-pyrrole nitrogens is 1. The lowest BCUT2D eigenvalue weighted by molar-refractivity contribution is -0.153. The van der Waals surface area contributed by atoms with Crippen molar-refractivity contribution in [3.8, 4) is 11.6 Å². The van der Waals surface area contributed by atoms with Crippen LogP contribution in [0.25, 0.3) is 11.0 Å². The van der Waals surface area contributed by atoms with Crippen LogP contribution in [-0.4, -0.2) is 48.2 Å². The van der Waals surface area contributed by atoms with E-state index in [1.165, 1.54) is 6.20 Å². The van der Waals surface area contributed by atoms with Gasteiger partial charge in [0.2, 0.25) is 5.95 Å². The number of methoxy groups -OCH3 is 1. The van der Waals surface area contributed by atoms with Crippen molar-refractivity contribution in [2.24, 2.45) is 0 Å². The molecule has 3 aromatic heterocycles. The van der Waals surface area contributed by atoms with Crippen LogP contribution in [0.4, 0.5) is 19.1 Å². The Morgan fingerprint density at radius 1 is 1.29 bits per heavy atom. The van der Waals surface area contributed by atoms with Gasteiger partial charge in [0.05, 0.1) is 13.3 Å². The van der Waals surface area contributed by atoms with Crippen molar-refractivity contribution in [2.45, 2.75) is 11.1 Å². The highest BCUT2D eigenvalue weighted by atomic mass is 79.9. The van der Waals surface area contributed by atoms with E-state index in [0.717, 1.165) is 13.3 Å². The molecule has 0 saturated heterocycles. The van der Waals surface area contributed by atoms with Gasteiger partial charge in [-0.15, -0.1) is 0 Å². The SMILES string of the molecule is COc1nc(NS(=O)(=O)c2c[nH]c3nc(Br)ccc23)ncc1OCC(F)(F)F. The van der Waals surface area contributed by atoms with Crippen LogP contribution in [0.2, 0.25) is 0 Å². The minimum absolute atomic E-state index is 0.109. The fraction of sp³-hybridized carbons (Fsp3) is 0.214. The summed E-state index contributed by atoms with van der Waals surface area (Å²) in [5, 5.41) is 0.327. The summed E-state index contributed by atoms with van der Waals surface area (Å²) in [6.45, 7) is -1.57. The lowest BCUT2D eigenvalue weighted by Crippen LogP contribution is -2.20. The summed E-state index contributed by atoms with van der Waals surface area (Å²) >= 11 is 3.18. The number of hydrogen-bond acceptors (Lipinski definition) is 7. The number of hydrogen-bond donors (Lipinski definition) is 2. The Kier molecular flexibility index (Phi) is 5.34. The zero-order valence-electron chi connectivity index (χ0n) is 13.9. The van der Waals surface area contributed by atoms with Crippen molar-refractivity contribution in [1.82, 2.24) is 19.9 Å². The Morgan fingerprint density at radius 2 is 2.04 bits per heavy atom. The average molecular weight is 482 g/mol. The zero-order valence-corrected chi connectivity index (χ0v) is 16.3. The standard InChI is InChI=1S/C14H11BrF3N5O4S/c1-26-12-8(27-6-14(16,17)18)4-20-13(22-12)23-28(24,25)9-5-19-11-7(9)2-3-10(15)21-11/h2-5H,6H2,1H3,(H,19,21)(H,20,22,23). The van der Waals surface area contributed by atoms with E-state index in [1.807, 2.05) is 0 Å². The van der Waals surface area contributed by atoms with Gasteiger partial charge in [-0.1, -0.05) is 0 Å². The van der Waals surface area contributed by atoms with Crippen molar-refractivity contribution in [1.29, 1.82) is 0 Å². The van der Waals surface area contributed by atoms with Gasteiger partial charge in [-0.3, -0.25) is 0 Å². The van der Waals surface area contributed by atoms with Crippen molar-refractivity contribution in [2.75, 3.05) is 18.4 Å². The lowest BCUT2D eigenvalue weighted by Gasteiger charge is -2.12. The van der Waals surface area contributed by atoms with E-state index < -0.39 is 28.8 Å². The molecule has 0 saturated carbocycles. The molecular formula is C14H11BrF3N5O4S. The van der Waals surface area contributed by atoms with E-state index in [2.05, 4.69) is 45.3 Å². The van der Waals surface area contributed by atoms with Crippen LogP contribution in [0.5, 0.6) is 11.6 Å². The summed E-state index contributed by atoms with van der Waals surface area (Å²) in [5.41, 5.74) is 0.337. The van der Waals surface area contributed by atoms with Crippen molar-refractivity contribution in [3.05, 3.63) is 29.1 Å². The predicted molar refractivity (Wildman–Crippen MR) is 94.7 cm³/mol. The van der Waals surface area contributed by atoms with Crippen molar-refractivity contribution in [3.63, 3.8) is 0 Å². The van der Waals surface area contributed by atoms with Gasteiger partial charge in [-0.2, -0.15) is 18.2 Å². The van der Waals surface area contributed by atoms with E-state index in [4.69, 9.17) is 4.74 Å². The molecule has 0 aromatic carbocycles. The second kappa shape index (κ2) is 7.43. The quantitative estimate of drug-likeness (QED) is 0.519. The smallest absolute Gasteiger partial charge is 0.422 e. The van der Waals surface area contributed by atoms with E-state index >= 15 is 0 Å². The van der Waals surface area contributed by atoms with Crippen LogP contribution in [0.15, 0.2) is 34.0 Å². The number of nitrogens with zero attached hydrogens (tertiary/aromatic N) is 3. The summed E-state index contributed by atoms with van der Waals surface area (Å²) in [7, 11) is -2.98. The average Bonchev–Trinajstić information content (AvgIpc) is 3.03. The molecule has 0 aliphatic rings. The van der Waals surface area contributed by atoms with Gasteiger partial charge in [0.1, 0.15) is 15.1 Å². The van der Waals surface area contributed by atoms with E-state index in [-0.39, 0.29) is 16.5 Å². The van der Waals surface area contributed by atoms with Crippen molar-refractivity contribution < 1.29 is 31.1 Å². The largest absolute Gasteiger partial charge is 0.478 e. The zero-order chi connectivity index (χ0) is 20.5. The lowest BCUT2D eigenvalue weighted by atomic mass is 10.3. The van der Waals surface area contributed by atoms with Crippen LogP contribution in [0.3, 0.4) is 0 Å². The number of sulfonamides is 1. The summed E-state index contributed by atoms with van der Waals surface area (Å²) in [6, 6.07) is 3.12. The summed E-state index contributed by atoms with van der Waals surface area (Å²) < 4.78 is 74.1. The fourth-order valence-electron chi connectivity index (χ4n) is 2.16. The van der Waals surface area contributed by atoms with Gasteiger partial charge in [0.15, 0.2) is 12.4 Å². The summed E-state index contributed by atoms with van der Waals surface area (Å²) in [4.78, 5) is 14.1. The number of nitrogens with one attached hydrogen (secondary N) is 2. The fourth-order valence-corrected chi connectivity index (χ4v) is 3.59. The Hall–Kier alpha value is -2.61. The second-order valence-electron chi connectivity index (χ2n) is 5.26. The van der Waals surface area contributed by atoms with Gasteiger partial charge < -0.3 is 14.5 Å². The van der Waals surface area contributed by atoms with Gasteiger partial charge >= 0.3 is 6.18 Å². The number of ether oxygens (including phenoxy) is 2. The first kappa shape index (κ1) is 20.1. The molecule has 2 N–H and O–H groups in total. The highest BCUT2D eigenvalue weighted by molar-refractivity contribution is 9.10. The maximum absolute atomic E-state index is 12.6. The Bertz CT molecular complexity index is 1120. The number of anilines is 1. The highest BCUT2D eigenvalue weighted by Crippen LogP contribution is 2.28. The van der Waals surface area contributed by atoms with Crippen LogP contribution in [0, 0.1) is 0 Å². The monoisotopic (exact) mass is 481 g/mol. The molecule has 3 rings (SSSR count). The van der Waals surface area contributed by atoms with Crippen LogP contribution in [-0.2, 0) is 10.0 Å². The molecule has 0 aliphatic heterocycles. The maximum atomic E-state index is 12.6. The topological polar surface area (TPSA) is 119 Å². The molecule has 28 heavy (non-hydrogen) atoms. The molecular weight excluding hydrogens is 471 g/mol. The second-order valence-corrected chi connectivity index (χ2v) is 7.72. The van der Waals surface area contributed by atoms with E-state index in [1.54, 1.807) is 12.1 Å². The van der Waals surface area contributed by atoms with Crippen molar-refractivity contribution >= 4 is 42.9 Å². The molecule has 0 radical (unpaired) electrons. The maximum Gasteiger partial charge on any atom is 0.422 e. The number of pyridine rings is 1. The third-order valence-electron chi connectivity index (χ3n) is 3.29. The van der Waals surface area contributed by atoms with E-state index in [9.17, 15) is 21.6 Å². The Morgan fingerprint density at radius 3 is 2.71 bits per heavy atom. The van der Waals surface area contributed by atoms with Gasteiger partial charge in [-0.25, -0.2) is 23.1 Å². The molecule has 0 spiro atoms. The molecule has 0 amide bonds. The highest BCUT2D eigenvalue weighted by Gasteiger charge is 2.29. The summed E-state index contributed by atoms with van der Waals surface area (Å²) in [6.07, 6.45) is -2.45. The molecule has 3 heterocycles. The Labute approximate surface area is 164 Å². The number of fused-ring (bicyclic) bond motifs is 1. The molecule has 0 atom stereocenters. The molecule has 0 aliphatic carbocycles. The molecule has 150 valence electrons. The van der Waals surface area contributed by atoms with Gasteiger partial charge in [-0.05, 0) is 28.1 Å². The van der Waals surface area contributed by atoms with Crippen LogP contribution in [0.1, 0.15) is 0 Å². The minimum Gasteiger partial charge on any atom is -0.478 e. The van der Waals surface area contributed by atoms with Gasteiger partial charge in [0.25, 0.3) is 15.9 Å². The summed E-state index contributed by atoms with van der Waals surface area (Å²) in [5.74, 6) is -1.15. The van der Waals surface area contributed by atoms with Crippen LogP contribution >= 0.6 is 15.9 Å². The minimum atomic E-state index is -4.57. The number of rotatable bonds is 6. The molecule has 0 fully saturated rings. The van der Waals surface area contributed by atoms with E-state index in [0.29, 0.717) is 15.6 Å². The molecule has 14 heteroatoms. The first-order chi connectivity index (χ1) is 13.1. The van der Waals surface area contributed by atoms with Gasteiger partial charge in [0, 0.05) is 11.6 Å². The first-order valence-corrected chi connectivity index (χ1v) is 9.64. The number of alkyl halides is 3. The third kappa shape index (κ3) is 4.44. The number of halogens is 4. The number of aromatic nitrogens is 4. The normalized spacial score (nSPS) is 12.2. The predicted octanol–water partition coefficient (Wildman–Crippen LogP) is 2.87. The van der Waals surface area contributed by atoms with Crippen LogP contribution < -0.4 is 14.2 Å². The number of aromatic amines is 1. The molecule has 0 bridgehead atoms. The molecule has 0 unspecified atom stereocenters. The Balaban J connectivity index is 1.87. The third-order valence-corrected chi connectivity index (χ3v) is 5.10. The molecule has 9 nitrogen and oxygen atoms in total.